The van der Waals surface area contributed by atoms with Crippen LogP contribution in [0.4, 0.5) is 0 Å². The summed E-state index contributed by atoms with van der Waals surface area (Å²) in [5.74, 6) is -2.22. The van der Waals surface area contributed by atoms with E-state index >= 15 is 0 Å². The molecule has 0 fully saturated rings. The first-order chi connectivity index (χ1) is 14.8. The van der Waals surface area contributed by atoms with E-state index < -0.39 is 11.9 Å². The number of hydrogen-bond donors (Lipinski definition) is 4. The highest BCUT2D eigenvalue weighted by Crippen LogP contribution is 2.20. The third-order valence-electron chi connectivity index (χ3n) is 4.04. The normalized spacial score (nSPS) is 11.1. The first-order valence-electron chi connectivity index (χ1n) is 8.85. The molecule has 0 bridgehead atoms. The van der Waals surface area contributed by atoms with Crippen LogP contribution in [0.5, 0.6) is 5.75 Å². The molecule has 0 radical (unpaired) electrons. The van der Waals surface area contributed by atoms with Crippen LogP contribution in [-0.2, 0) is 11.3 Å². The largest absolute Gasteiger partial charge is 0.508 e. The summed E-state index contributed by atoms with van der Waals surface area (Å²) in [7, 11) is 0. The standard InChI is InChI=1S/C21H16BrN3O5S/c22-16-9-13(19(27)24-11-12-2-1-3-14(26)8-12)4-5-15(16)20(28)25-17(21(29)30)10-18-23-6-7-31-18/h1-10,26H,11H2,(H,24,27)(H,25,28)(H,29,30)/b17-10-. The minimum Gasteiger partial charge on any atom is -0.508 e. The lowest BCUT2D eigenvalue weighted by atomic mass is 10.1. The van der Waals surface area contributed by atoms with Crippen molar-refractivity contribution in [2.75, 3.05) is 0 Å². The number of amides is 2. The molecule has 1 heterocycles. The molecule has 3 aromatic rings. The number of hydrogen-bond acceptors (Lipinski definition) is 6. The van der Waals surface area contributed by atoms with Crippen LogP contribution in [0.25, 0.3) is 6.08 Å². The fourth-order valence-electron chi connectivity index (χ4n) is 2.56. The molecule has 0 saturated heterocycles. The number of benzene rings is 2. The fraction of sp³-hybridized carbons (Fsp3) is 0.0476. The van der Waals surface area contributed by atoms with Crippen LogP contribution < -0.4 is 10.6 Å². The molecule has 2 aromatic carbocycles. The number of halogens is 1. The van der Waals surface area contributed by atoms with Crippen molar-refractivity contribution in [3.8, 4) is 5.75 Å². The number of aromatic nitrogens is 1. The minimum absolute atomic E-state index is 0.106. The summed E-state index contributed by atoms with van der Waals surface area (Å²) in [6, 6.07) is 10.9. The average Bonchev–Trinajstić information content (AvgIpc) is 3.24. The number of carbonyl (C=O) groups excluding carboxylic acids is 2. The van der Waals surface area contributed by atoms with Crippen molar-refractivity contribution < 1.29 is 24.6 Å². The van der Waals surface area contributed by atoms with Crippen molar-refractivity contribution in [1.29, 1.82) is 0 Å². The number of phenolic OH excluding ortho intramolecular Hbond substituents is 1. The second-order valence-corrected chi connectivity index (χ2v) is 8.02. The summed E-state index contributed by atoms with van der Waals surface area (Å²) in [6.45, 7) is 0.219. The Morgan fingerprint density at radius 1 is 1.13 bits per heavy atom. The van der Waals surface area contributed by atoms with Gasteiger partial charge in [-0.25, -0.2) is 9.78 Å². The highest BCUT2D eigenvalue weighted by atomic mass is 79.9. The molecule has 0 atom stereocenters. The highest BCUT2D eigenvalue weighted by molar-refractivity contribution is 9.10. The van der Waals surface area contributed by atoms with E-state index in [4.69, 9.17) is 0 Å². The number of aliphatic carboxylic acids is 1. The molecule has 0 unspecified atom stereocenters. The van der Waals surface area contributed by atoms with E-state index in [1.807, 2.05) is 0 Å². The van der Waals surface area contributed by atoms with Gasteiger partial charge in [0.2, 0.25) is 0 Å². The van der Waals surface area contributed by atoms with Gasteiger partial charge in [-0.2, -0.15) is 0 Å². The number of carbonyl (C=O) groups is 3. The van der Waals surface area contributed by atoms with Crippen LogP contribution in [0, 0.1) is 0 Å². The van der Waals surface area contributed by atoms with Gasteiger partial charge in [-0.15, -0.1) is 11.3 Å². The molecule has 0 spiro atoms. The average molecular weight is 502 g/mol. The van der Waals surface area contributed by atoms with Crippen LogP contribution in [0.3, 0.4) is 0 Å². The Morgan fingerprint density at radius 3 is 2.58 bits per heavy atom. The van der Waals surface area contributed by atoms with Crippen LogP contribution in [0.2, 0.25) is 0 Å². The van der Waals surface area contributed by atoms with Gasteiger partial charge in [0.15, 0.2) is 0 Å². The summed E-state index contributed by atoms with van der Waals surface area (Å²) in [5, 5.41) is 26.0. The molecule has 31 heavy (non-hydrogen) atoms. The molecule has 3 rings (SSSR count). The molecule has 0 saturated carbocycles. The number of carboxylic acids is 1. The Labute approximate surface area is 189 Å². The molecule has 2 amide bonds. The third-order valence-corrected chi connectivity index (χ3v) is 5.42. The van der Waals surface area contributed by atoms with Gasteiger partial charge in [-0.05, 0) is 51.8 Å². The van der Waals surface area contributed by atoms with E-state index in [9.17, 15) is 24.6 Å². The van der Waals surface area contributed by atoms with Gasteiger partial charge in [0, 0.05) is 34.2 Å². The minimum atomic E-state index is -1.30. The zero-order valence-electron chi connectivity index (χ0n) is 15.8. The van der Waals surface area contributed by atoms with Crippen molar-refractivity contribution in [2.45, 2.75) is 6.54 Å². The topological polar surface area (TPSA) is 129 Å². The number of carboxylic acid groups (broad SMARTS) is 1. The Morgan fingerprint density at radius 2 is 1.94 bits per heavy atom. The van der Waals surface area contributed by atoms with Gasteiger partial charge in [0.25, 0.3) is 11.8 Å². The number of aromatic hydroxyl groups is 1. The molecular weight excluding hydrogens is 486 g/mol. The van der Waals surface area contributed by atoms with Crippen LogP contribution in [-0.4, -0.2) is 33.0 Å². The smallest absolute Gasteiger partial charge is 0.352 e. The molecule has 0 aliphatic carbocycles. The summed E-state index contributed by atoms with van der Waals surface area (Å²) in [5.41, 5.74) is 0.882. The lowest BCUT2D eigenvalue weighted by Gasteiger charge is -2.10. The zero-order valence-corrected chi connectivity index (χ0v) is 18.2. The maximum atomic E-state index is 12.5. The Kier molecular flexibility index (Phi) is 7.16. The van der Waals surface area contributed by atoms with E-state index in [1.165, 1.54) is 47.9 Å². The molecule has 8 nitrogen and oxygen atoms in total. The molecule has 10 heteroatoms. The molecule has 158 valence electrons. The van der Waals surface area contributed by atoms with Crippen molar-refractivity contribution >= 4 is 51.1 Å². The summed E-state index contributed by atoms with van der Waals surface area (Å²) >= 11 is 4.49. The lowest BCUT2D eigenvalue weighted by molar-refractivity contribution is -0.132. The first-order valence-corrected chi connectivity index (χ1v) is 10.5. The summed E-state index contributed by atoms with van der Waals surface area (Å²) in [4.78, 5) is 40.4. The van der Waals surface area contributed by atoms with E-state index in [-0.39, 0.29) is 29.5 Å². The number of phenols is 1. The summed E-state index contributed by atoms with van der Waals surface area (Å²) < 4.78 is 0.328. The van der Waals surface area contributed by atoms with Crippen LogP contribution in [0.15, 0.2) is 64.2 Å². The SMILES string of the molecule is O=C(O)/C(=C/c1nccs1)NC(=O)c1ccc(C(=O)NCc2cccc(O)c2)cc1Br. The van der Waals surface area contributed by atoms with E-state index in [0.29, 0.717) is 15.0 Å². The Hall–Kier alpha value is -3.50. The van der Waals surface area contributed by atoms with Crippen molar-refractivity contribution in [1.82, 2.24) is 15.6 Å². The lowest BCUT2D eigenvalue weighted by Crippen LogP contribution is -2.28. The second kappa shape index (κ2) is 10.0. The third kappa shape index (κ3) is 6.00. The maximum absolute atomic E-state index is 12.5. The number of rotatable bonds is 7. The highest BCUT2D eigenvalue weighted by Gasteiger charge is 2.17. The fourth-order valence-corrected chi connectivity index (χ4v) is 3.69. The predicted molar refractivity (Wildman–Crippen MR) is 119 cm³/mol. The molecule has 1 aromatic heterocycles. The molecular formula is C21H16BrN3O5S. The predicted octanol–water partition coefficient (Wildman–Crippen LogP) is 3.40. The maximum Gasteiger partial charge on any atom is 0.352 e. The Bertz CT molecular complexity index is 1160. The van der Waals surface area contributed by atoms with Crippen molar-refractivity contribution in [2.24, 2.45) is 0 Å². The monoisotopic (exact) mass is 501 g/mol. The number of nitrogens with one attached hydrogen (secondary N) is 2. The van der Waals surface area contributed by atoms with E-state index in [1.54, 1.807) is 23.6 Å². The van der Waals surface area contributed by atoms with Crippen LogP contribution >= 0.6 is 27.3 Å². The Balaban J connectivity index is 1.69. The quantitative estimate of drug-likeness (QED) is 0.367. The first kappa shape index (κ1) is 22.2. The van der Waals surface area contributed by atoms with Gasteiger partial charge in [0.05, 0.1) is 5.56 Å². The molecule has 4 N–H and O–H groups in total. The van der Waals surface area contributed by atoms with Gasteiger partial charge < -0.3 is 20.8 Å². The van der Waals surface area contributed by atoms with Gasteiger partial charge in [0.1, 0.15) is 16.5 Å². The van der Waals surface area contributed by atoms with Crippen molar-refractivity contribution in [3.63, 3.8) is 0 Å². The summed E-state index contributed by atoms with van der Waals surface area (Å²) in [6.07, 6.45) is 2.79. The second-order valence-electron chi connectivity index (χ2n) is 6.23. The van der Waals surface area contributed by atoms with Gasteiger partial charge >= 0.3 is 5.97 Å². The van der Waals surface area contributed by atoms with Crippen LogP contribution in [0.1, 0.15) is 31.3 Å². The number of thiazole rings is 1. The number of nitrogens with zero attached hydrogens (tertiary/aromatic N) is 1. The van der Waals surface area contributed by atoms with Crippen molar-refractivity contribution in [3.05, 3.63) is 85.9 Å². The molecule has 0 aliphatic heterocycles. The van der Waals surface area contributed by atoms with E-state index in [0.717, 1.165) is 5.56 Å². The molecule has 0 aliphatic rings. The van der Waals surface area contributed by atoms with E-state index in [2.05, 4.69) is 31.5 Å². The zero-order chi connectivity index (χ0) is 22.4. The van der Waals surface area contributed by atoms with Gasteiger partial charge in [-0.3, -0.25) is 9.59 Å². The van der Waals surface area contributed by atoms with Gasteiger partial charge in [-0.1, -0.05) is 12.1 Å².